The lowest BCUT2D eigenvalue weighted by atomic mass is 9.95. The second-order valence-electron chi connectivity index (χ2n) is 7.61. The number of halogens is 1. The molecule has 5 rings (SSSR count). The van der Waals surface area contributed by atoms with Gasteiger partial charge in [-0.25, -0.2) is 0 Å². The number of benzene rings is 1. The molecule has 1 aromatic heterocycles. The molecule has 2 aromatic rings. The molecule has 140 valence electrons. The Hall–Kier alpha value is -1.56. The number of aryl methyl sites for hydroxylation is 1. The molecule has 1 N–H and O–H groups in total. The van der Waals surface area contributed by atoms with E-state index in [0.717, 1.165) is 49.3 Å². The molecule has 3 saturated heterocycles. The summed E-state index contributed by atoms with van der Waals surface area (Å²) in [5, 5.41) is 1.72. The highest BCUT2D eigenvalue weighted by molar-refractivity contribution is 6.31. The number of hydrogen-bond acceptors (Lipinski definition) is 3. The zero-order valence-electron chi connectivity index (χ0n) is 15.4. The maximum Gasteiger partial charge on any atom is 0.270 e. The normalized spacial score (nSPS) is 23.6. The lowest BCUT2D eigenvalue weighted by Crippen LogP contribution is -2.45. The number of fused-ring (bicyclic) bond motifs is 5. The van der Waals surface area contributed by atoms with Crippen LogP contribution in [-0.2, 0) is 4.74 Å². The molecule has 1 amide bonds. The van der Waals surface area contributed by atoms with Crippen LogP contribution in [0.4, 0.5) is 0 Å². The number of rotatable bonds is 4. The van der Waals surface area contributed by atoms with Gasteiger partial charge in [-0.15, -0.1) is 0 Å². The Bertz CT molecular complexity index is 819. The van der Waals surface area contributed by atoms with E-state index in [4.69, 9.17) is 16.3 Å². The lowest BCUT2D eigenvalue weighted by Gasteiger charge is -2.35. The van der Waals surface area contributed by atoms with Crippen molar-refractivity contribution in [2.24, 2.45) is 5.92 Å². The highest BCUT2D eigenvalue weighted by atomic mass is 35.5. The zero-order chi connectivity index (χ0) is 18.3. The second kappa shape index (κ2) is 7.22. The van der Waals surface area contributed by atoms with Gasteiger partial charge in [0.2, 0.25) is 0 Å². The number of amides is 1. The smallest absolute Gasteiger partial charge is 0.270 e. The number of aromatic amines is 1. The van der Waals surface area contributed by atoms with Gasteiger partial charge in [0.05, 0.1) is 6.61 Å². The first-order valence-electron chi connectivity index (χ1n) is 9.37. The summed E-state index contributed by atoms with van der Waals surface area (Å²) < 4.78 is 5.26. The molecular weight excluding hydrogens is 350 g/mol. The van der Waals surface area contributed by atoms with Crippen molar-refractivity contribution in [1.29, 1.82) is 0 Å². The van der Waals surface area contributed by atoms with Crippen LogP contribution in [-0.4, -0.2) is 66.6 Å². The van der Waals surface area contributed by atoms with Gasteiger partial charge in [0.15, 0.2) is 0 Å². The van der Waals surface area contributed by atoms with E-state index in [1.807, 2.05) is 25.1 Å². The molecule has 26 heavy (non-hydrogen) atoms. The van der Waals surface area contributed by atoms with E-state index in [-0.39, 0.29) is 5.91 Å². The minimum absolute atomic E-state index is 0.111. The number of nitrogens with zero attached hydrogens (tertiary/aromatic N) is 2. The molecule has 2 atom stereocenters. The Labute approximate surface area is 159 Å². The first-order valence-corrected chi connectivity index (χ1v) is 9.74. The quantitative estimate of drug-likeness (QED) is 0.891. The molecule has 4 heterocycles. The van der Waals surface area contributed by atoms with Crippen LogP contribution in [0.2, 0.25) is 5.02 Å². The Kier molecular flexibility index (Phi) is 4.95. The number of H-pyrrole nitrogens is 1. The Morgan fingerprint density at radius 2 is 2.15 bits per heavy atom. The van der Waals surface area contributed by atoms with Crippen molar-refractivity contribution in [3.63, 3.8) is 0 Å². The molecule has 0 unspecified atom stereocenters. The van der Waals surface area contributed by atoms with Crippen molar-refractivity contribution in [3.05, 3.63) is 34.5 Å². The third-order valence-corrected chi connectivity index (χ3v) is 6.17. The summed E-state index contributed by atoms with van der Waals surface area (Å²) in [5.74, 6) is 0.661. The number of ether oxygens (including phenoxy) is 1. The third-order valence-electron chi connectivity index (χ3n) is 5.93. The van der Waals surface area contributed by atoms with Crippen molar-refractivity contribution in [2.75, 3.05) is 39.9 Å². The van der Waals surface area contributed by atoms with Crippen LogP contribution in [0.15, 0.2) is 18.2 Å². The molecule has 3 aliphatic rings. The number of piperidine rings is 1. The van der Waals surface area contributed by atoms with Crippen molar-refractivity contribution in [2.45, 2.75) is 25.8 Å². The average molecular weight is 376 g/mol. The molecular formula is C20H26ClN3O2. The molecule has 5 nitrogen and oxygen atoms in total. The summed E-state index contributed by atoms with van der Waals surface area (Å²) in [4.78, 5) is 21.2. The van der Waals surface area contributed by atoms with Gasteiger partial charge in [0, 0.05) is 55.3 Å². The number of nitrogens with one attached hydrogen (secondary N) is 1. The number of carbonyl (C=O) groups is 1. The lowest BCUT2D eigenvalue weighted by molar-refractivity contribution is 0.0713. The van der Waals surface area contributed by atoms with Crippen molar-refractivity contribution in [3.8, 4) is 0 Å². The van der Waals surface area contributed by atoms with Crippen LogP contribution < -0.4 is 0 Å². The molecule has 0 aliphatic carbocycles. The van der Waals surface area contributed by atoms with Gasteiger partial charge in [0.1, 0.15) is 5.69 Å². The SMILES string of the molecule is COCCN1C[C@H]2CC[C@@H]1CN(C(=O)c1[nH]c3ccc(Cl)cc3c1C)C2. The summed E-state index contributed by atoms with van der Waals surface area (Å²) in [6, 6.07) is 6.17. The van der Waals surface area contributed by atoms with Gasteiger partial charge in [0.25, 0.3) is 5.91 Å². The largest absolute Gasteiger partial charge is 0.383 e. The highest BCUT2D eigenvalue weighted by Crippen LogP contribution is 2.30. The van der Waals surface area contributed by atoms with Crippen molar-refractivity contribution in [1.82, 2.24) is 14.8 Å². The number of hydrogen-bond donors (Lipinski definition) is 1. The fraction of sp³-hybridized carbons (Fsp3) is 0.550. The summed E-state index contributed by atoms with van der Waals surface area (Å²) in [6.07, 6.45) is 2.37. The van der Waals surface area contributed by atoms with Gasteiger partial charge in [-0.3, -0.25) is 9.69 Å². The van der Waals surface area contributed by atoms with Crippen LogP contribution in [0, 0.1) is 12.8 Å². The van der Waals surface area contributed by atoms with Gasteiger partial charge in [-0.1, -0.05) is 11.6 Å². The molecule has 0 saturated carbocycles. The van der Waals surface area contributed by atoms with E-state index in [1.54, 1.807) is 7.11 Å². The summed E-state index contributed by atoms with van der Waals surface area (Å²) in [6.45, 7) is 6.41. The first-order chi connectivity index (χ1) is 12.6. The molecule has 6 heteroatoms. The average Bonchev–Trinajstić information content (AvgIpc) is 2.80. The van der Waals surface area contributed by atoms with Gasteiger partial charge in [-0.05, 0) is 49.4 Å². The Morgan fingerprint density at radius 3 is 2.96 bits per heavy atom. The minimum Gasteiger partial charge on any atom is -0.383 e. The summed E-state index contributed by atoms with van der Waals surface area (Å²) in [5.41, 5.74) is 2.65. The van der Waals surface area contributed by atoms with Crippen LogP contribution in [0.5, 0.6) is 0 Å². The van der Waals surface area contributed by atoms with Gasteiger partial charge < -0.3 is 14.6 Å². The molecule has 0 radical (unpaired) electrons. The Morgan fingerprint density at radius 1 is 1.31 bits per heavy atom. The van der Waals surface area contributed by atoms with Crippen LogP contribution >= 0.6 is 11.6 Å². The molecule has 2 bridgehead atoms. The van der Waals surface area contributed by atoms with Gasteiger partial charge >= 0.3 is 0 Å². The monoisotopic (exact) mass is 375 g/mol. The zero-order valence-corrected chi connectivity index (χ0v) is 16.2. The van der Waals surface area contributed by atoms with E-state index >= 15 is 0 Å². The molecule has 1 aromatic carbocycles. The van der Waals surface area contributed by atoms with Crippen LogP contribution in [0.25, 0.3) is 10.9 Å². The predicted octanol–water partition coefficient (Wildman–Crippen LogP) is 3.31. The van der Waals surface area contributed by atoms with Crippen LogP contribution in [0.3, 0.4) is 0 Å². The maximum atomic E-state index is 13.3. The van der Waals surface area contributed by atoms with Crippen molar-refractivity contribution < 1.29 is 9.53 Å². The van der Waals surface area contributed by atoms with E-state index in [0.29, 0.717) is 22.7 Å². The fourth-order valence-corrected chi connectivity index (χ4v) is 4.67. The minimum atomic E-state index is 0.111. The molecule has 0 spiro atoms. The van der Waals surface area contributed by atoms with E-state index in [9.17, 15) is 4.79 Å². The summed E-state index contributed by atoms with van der Waals surface area (Å²) in [7, 11) is 1.75. The number of carbonyl (C=O) groups excluding carboxylic acids is 1. The summed E-state index contributed by atoms with van der Waals surface area (Å²) >= 11 is 6.13. The third kappa shape index (κ3) is 3.24. The number of aromatic nitrogens is 1. The van der Waals surface area contributed by atoms with E-state index in [1.165, 1.54) is 12.8 Å². The standard InChI is InChI=1S/C20H26ClN3O2/c1-13-17-9-15(21)4-6-18(17)22-19(13)20(25)24-11-14-3-5-16(12-24)23(10-14)7-8-26-2/h4,6,9,14,16,22H,3,5,7-8,10-12H2,1-2H3/t14-,16-/m1/s1. The van der Waals surface area contributed by atoms with Gasteiger partial charge in [-0.2, -0.15) is 0 Å². The van der Waals surface area contributed by atoms with E-state index in [2.05, 4.69) is 14.8 Å². The fourth-order valence-electron chi connectivity index (χ4n) is 4.50. The second-order valence-corrected chi connectivity index (χ2v) is 8.05. The maximum absolute atomic E-state index is 13.3. The van der Waals surface area contributed by atoms with E-state index < -0.39 is 0 Å². The molecule has 3 aliphatic heterocycles. The number of methoxy groups -OCH3 is 1. The van der Waals surface area contributed by atoms with Crippen LogP contribution in [0.1, 0.15) is 28.9 Å². The first kappa shape index (κ1) is 17.8. The topological polar surface area (TPSA) is 48.6 Å². The Balaban J connectivity index is 1.58. The molecule has 3 fully saturated rings. The predicted molar refractivity (Wildman–Crippen MR) is 104 cm³/mol. The highest BCUT2D eigenvalue weighted by Gasteiger charge is 2.37. The van der Waals surface area contributed by atoms with Crippen molar-refractivity contribution >= 4 is 28.4 Å².